The standard InChI is InChI=1S/C17H26N2O2/c1-14-2-3-16(18-10-14)11-19-7-4-17(5-8-19)21-13-15-6-9-20-12-15/h2-3,10,15,17H,4-9,11-13H2,1H3. The van der Waals surface area contributed by atoms with Gasteiger partial charge >= 0.3 is 0 Å². The van der Waals surface area contributed by atoms with Crippen molar-refractivity contribution in [1.82, 2.24) is 9.88 Å². The van der Waals surface area contributed by atoms with E-state index in [-0.39, 0.29) is 0 Å². The summed E-state index contributed by atoms with van der Waals surface area (Å²) in [5.74, 6) is 0.625. The summed E-state index contributed by atoms with van der Waals surface area (Å²) in [4.78, 5) is 6.98. The van der Waals surface area contributed by atoms with E-state index >= 15 is 0 Å². The lowest BCUT2D eigenvalue weighted by molar-refractivity contribution is -0.0118. The lowest BCUT2D eigenvalue weighted by atomic mass is 10.1. The van der Waals surface area contributed by atoms with E-state index in [4.69, 9.17) is 9.47 Å². The molecule has 0 saturated carbocycles. The van der Waals surface area contributed by atoms with E-state index in [1.165, 1.54) is 11.3 Å². The molecule has 0 bridgehead atoms. The highest BCUT2D eigenvalue weighted by molar-refractivity contribution is 5.12. The second-order valence-electron chi connectivity index (χ2n) is 6.37. The first kappa shape index (κ1) is 14.9. The molecule has 0 radical (unpaired) electrons. The zero-order valence-electron chi connectivity index (χ0n) is 13.0. The monoisotopic (exact) mass is 290 g/mol. The minimum atomic E-state index is 0.438. The van der Waals surface area contributed by atoms with Crippen LogP contribution in [0.3, 0.4) is 0 Å². The second kappa shape index (κ2) is 7.34. The van der Waals surface area contributed by atoms with Crippen molar-refractivity contribution < 1.29 is 9.47 Å². The summed E-state index contributed by atoms with van der Waals surface area (Å²) in [7, 11) is 0. The van der Waals surface area contributed by atoms with Gasteiger partial charge in [0.2, 0.25) is 0 Å². The van der Waals surface area contributed by atoms with Crippen LogP contribution in [0.4, 0.5) is 0 Å². The summed E-state index contributed by atoms with van der Waals surface area (Å²) in [5.41, 5.74) is 2.39. The van der Waals surface area contributed by atoms with E-state index < -0.39 is 0 Å². The summed E-state index contributed by atoms with van der Waals surface area (Å²) < 4.78 is 11.5. The van der Waals surface area contributed by atoms with Crippen molar-refractivity contribution in [2.75, 3.05) is 32.9 Å². The highest BCUT2D eigenvalue weighted by atomic mass is 16.5. The zero-order valence-corrected chi connectivity index (χ0v) is 13.0. The van der Waals surface area contributed by atoms with Gasteiger partial charge in [0.1, 0.15) is 0 Å². The van der Waals surface area contributed by atoms with Crippen molar-refractivity contribution in [2.45, 2.75) is 38.8 Å². The van der Waals surface area contributed by atoms with Gasteiger partial charge in [-0.1, -0.05) is 6.07 Å². The van der Waals surface area contributed by atoms with Gasteiger partial charge in [-0.05, 0) is 37.8 Å². The quantitative estimate of drug-likeness (QED) is 0.834. The Labute approximate surface area is 127 Å². The maximum atomic E-state index is 6.06. The number of pyridine rings is 1. The average molecular weight is 290 g/mol. The number of rotatable bonds is 5. The van der Waals surface area contributed by atoms with Gasteiger partial charge in [0.25, 0.3) is 0 Å². The topological polar surface area (TPSA) is 34.6 Å². The highest BCUT2D eigenvalue weighted by Crippen LogP contribution is 2.19. The van der Waals surface area contributed by atoms with Crippen LogP contribution in [0.15, 0.2) is 18.3 Å². The molecule has 2 aliphatic rings. The van der Waals surface area contributed by atoms with E-state index in [1.54, 1.807) is 0 Å². The van der Waals surface area contributed by atoms with Crippen LogP contribution in [0, 0.1) is 12.8 Å². The molecule has 4 heteroatoms. The molecule has 4 nitrogen and oxygen atoms in total. The fourth-order valence-electron chi connectivity index (χ4n) is 3.04. The summed E-state index contributed by atoms with van der Waals surface area (Å²) >= 11 is 0. The van der Waals surface area contributed by atoms with Gasteiger partial charge in [-0.25, -0.2) is 0 Å². The van der Waals surface area contributed by atoms with E-state index in [0.717, 1.165) is 58.7 Å². The Morgan fingerprint density at radius 3 is 2.81 bits per heavy atom. The zero-order chi connectivity index (χ0) is 14.5. The van der Waals surface area contributed by atoms with Crippen molar-refractivity contribution in [2.24, 2.45) is 5.92 Å². The first-order valence-corrected chi connectivity index (χ1v) is 8.13. The molecule has 3 rings (SSSR count). The number of aromatic nitrogens is 1. The Kier molecular flexibility index (Phi) is 5.22. The van der Waals surface area contributed by atoms with Gasteiger partial charge in [0.05, 0.1) is 25.0 Å². The molecule has 1 aromatic rings. The number of hydrogen-bond acceptors (Lipinski definition) is 4. The molecule has 0 aromatic carbocycles. The molecule has 2 fully saturated rings. The molecule has 1 unspecified atom stereocenters. The summed E-state index contributed by atoms with van der Waals surface area (Å²) in [6.45, 7) is 7.94. The van der Waals surface area contributed by atoms with E-state index in [1.807, 2.05) is 6.20 Å². The SMILES string of the molecule is Cc1ccc(CN2CCC(OCC3CCOC3)CC2)nc1. The van der Waals surface area contributed by atoms with Crippen molar-refractivity contribution in [3.8, 4) is 0 Å². The third kappa shape index (κ3) is 4.50. The van der Waals surface area contributed by atoms with Crippen LogP contribution >= 0.6 is 0 Å². The number of nitrogens with zero attached hydrogens (tertiary/aromatic N) is 2. The molecular formula is C17H26N2O2. The van der Waals surface area contributed by atoms with E-state index in [0.29, 0.717) is 12.0 Å². The van der Waals surface area contributed by atoms with Gasteiger partial charge in [-0.3, -0.25) is 9.88 Å². The van der Waals surface area contributed by atoms with Crippen molar-refractivity contribution in [3.05, 3.63) is 29.6 Å². The minimum Gasteiger partial charge on any atom is -0.381 e. The molecular weight excluding hydrogens is 264 g/mol. The maximum absolute atomic E-state index is 6.06. The van der Waals surface area contributed by atoms with E-state index in [2.05, 4.69) is 28.9 Å². The summed E-state index contributed by atoms with van der Waals surface area (Å²) in [6.07, 6.45) is 5.83. The largest absolute Gasteiger partial charge is 0.381 e. The predicted molar refractivity (Wildman–Crippen MR) is 82.2 cm³/mol. The third-order valence-corrected chi connectivity index (χ3v) is 4.48. The van der Waals surface area contributed by atoms with Crippen LogP contribution in [-0.4, -0.2) is 48.9 Å². The molecule has 2 saturated heterocycles. The third-order valence-electron chi connectivity index (χ3n) is 4.48. The van der Waals surface area contributed by atoms with Crippen LogP contribution in [0.1, 0.15) is 30.5 Å². The molecule has 1 aromatic heterocycles. The first-order chi connectivity index (χ1) is 10.3. The summed E-state index contributed by atoms with van der Waals surface area (Å²) in [5, 5.41) is 0. The number of piperidine rings is 1. The Morgan fingerprint density at radius 1 is 1.29 bits per heavy atom. The van der Waals surface area contributed by atoms with Gasteiger partial charge in [0.15, 0.2) is 0 Å². The van der Waals surface area contributed by atoms with Crippen molar-refractivity contribution >= 4 is 0 Å². The predicted octanol–water partition coefficient (Wildman–Crippen LogP) is 2.41. The molecule has 21 heavy (non-hydrogen) atoms. The molecule has 116 valence electrons. The molecule has 3 heterocycles. The average Bonchev–Trinajstić information content (AvgIpc) is 3.02. The molecule has 2 aliphatic heterocycles. The minimum absolute atomic E-state index is 0.438. The second-order valence-corrected chi connectivity index (χ2v) is 6.37. The number of ether oxygens (including phenoxy) is 2. The number of aryl methyl sites for hydroxylation is 1. The van der Waals surface area contributed by atoms with Crippen molar-refractivity contribution in [1.29, 1.82) is 0 Å². The van der Waals surface area contributed by atoms with Gasteiger partial charge < -0.3 is 9.47 Å². The number of likely N-dealkylation sites (tertiary alicyclic amines) is 1. The van der Waals surface area contributed by atoms with Gasteiger partial charge in [0, 0.05) is 38.4 Å². The van der Waals surface area contributed by atoms with Crippen LogP contribution in [0.2, 0.25) is 0 Å². The fourth-order valence-corrected chi connectivity index (χ4v) is 3.04. The Balaban J connectivity index is 1.37. The Hall–Kier alpha value is -0.970. The molecule has 0 amide bonds. The molecule has 0 aliphatic carbocycles. The lowest BCUT2D eigenvalue weighted by Crippen LogP contribution is -2.37. The van der Waals surface area contributed by atoms with Gasteiger partial charge in [-0.2, -0.15) is 0 Å². The van der Waals surface area contributed by atoms with Crippen LogP contribution in [-0.2, 0) is 16.0 Å². The van der Waals surface area contributed by atoms with Crippen LogP contribution < -0.4 is 0 Å². The molecule has 0 N–H and O–H groups in total. The fraction of sp³-hybridized carbons (Fsp3) is 0.706. The highest BCUT2D eigenvalue weighted by Gasteiger charge is 2.22. The summed E-state index contributed by atoms with van der Waals surface area (Å²) in [6, 6.07) is 4.28. The lowest BCUT2D eigenvalue weighted by Gasteiger charge is -2.32. The maximum Gasteiger partial charge on any atom is 0.0599 e. The van der Waals surface area contributed by atoms with E-state index in [9.17, 15) is 0 Å². The van der Waals surface area contributed by atoms with Gasteiger partial charge in [-0.15, -0.1) is 0 Å². The number of hydrogen-bond donors (Lipinski definition) is 0. The van der Waals surface area contributed by atoms with Crippen LogP contribution in [0.5, 0.6) is 0 Å². The molecule has 1 atom stereocenters. The Morgan fingerprint density at radius 2 is 2.14 bits per heavy atom. The smallest absolute Gasteiger partial charge is 0.0599 e. The Bertz CT molecular complexity index is 421. The first-order valence-electron chi connectivity index (χ1n) is 8.13. The normalized spacial score (nSPS) is 24.5. The van der Waals surface area contributed by atoms with Crippen molar-refractivity contribution in [3.63, 3.8) is 0 Å². The van der Waals surface area contributed by atoms with Crippen LogP contribution in [0.25, 0.3) is 0 Å². The molecule has 0 spiro atoms.